The van der Waals surface area contributed by atoms with E-state index >= 15 is 0 Å². The van der Waals surface area contributed by atoms with Crippen LogP contribution in [-0.4, -0.2) is 60.8 Å². The van der Waals surface area contributed by atoms with Crippen molar-refractivity contribution >= 4 is 17.9 Å². The van der Waals surface area contributed by atoms with Crippen molar-refractivity contribution in [3.8, 4) is 0 Å². The number of rotatable bonds is 46. The SMILES string of the molecule is CCCCCCCCC(CCCCCC)C(=O)OCCCCCCCCN(CCCCCCCCOC(=O)C(CCCCCC)CCCCCCCC)CC(=O)O. The second-order valence-electron chi connectivity index (χ2n) is 17.5. The van der Waals surface area contributed by atoms with Crippen LogP contribution >= 0.6 is 0 Å². The molecule has 0 aliphatic rings. The Bertz CT molecular complexity index is 819. The van der Waals surface area contributed by atoms with Crippen LogP contribution in [0.4, 0.5) is 0 Å². The molecule has 0 radical (unpaired) electrons. The molecule has 0 saturated carbocycles. The monoisotopic (exact) mass is 808 g/mol. The highest BCUT2D eigenvalue weighted by atomic mass is 16.5. The summed E-state index contributed by atoms with van der Waals surface area (Å²) >= 11 is 0. The third kappa shape index (κ3) is 38.3. The topological polar surface area (TPSA) is 93.1 Å². The van der Waals surface area contributed by atoms with E-state index in [4.69, 9.17) is 9.47 Å². The van der Waals surface area contributed by atoms with Gasteiger partial charge in [0.1, 0.15) is 0 Å². The van der Waals surface area contributed by atoms with Gasteiger partial charge in [-0.2, -0.15) is 0 Å². The zero-order chi connectivity index (χ0) is 41.9. The summed E-state index contributed by atoms with van der Waals surface area (Å²) in [7, 11) is 0. The Morgan fingerprint density at radius 3 is 0.965 bits per heavy atom. The minimum atomic E-state index is -0.746. The summed E-state index contributed by atoms with van der Waals surface area (Å²) in [6.07, 6.45) is 41.5. The molecule has 0 bridgehead atoms. The summed E-state index contributed by atoms with van der Waals surface area (Å²) in [4.78, 5) is 39.4. The van der Waals surface area contributed by atoms with Gasteiger partial charge in [0.05, 0.1) is 31.6 Å². The van der Waals surface area contributed by atoms with Gasteiger partial charge in [0.15, 0.2) is 0 Å². The highest BCUT2D eigenvalue weighted by Crippen LogP contribution is 2.22. The van der Waals surface area contributed by atoms with E-state index in [2.05, 4.69) is 32.6 Å². The standard InChI is InChI=1S/C50H97NO6/c1-5-9-13-17-23-31-39-46(37-29-15-11-7-3)49(54)56-43-35-27-21-19-25-33-41-51(45-48(52)53)42-34-26-20-22-28-36-44-57-50(55)47(38-30-16-12-8-4)40-32-24-18-14-10-6-2/h46-47H,5-45H2,1-4H3,(H,52,53). The highest BCUT2D eigenvalue weighted by Gasteiger charge is 2.20. The average molecular weight is 808 g/mol. The minimum Gasteiger partial charge on any atom is -0.480 e. The van der Waals surface area contributed by atoms with E-state index in [1.807, 2.05) is 0 Å². The molecule has 7 heteroatoms. The number of unbranched alkanes of at least 4 members (excludes halogenated alkanes) is 26. The third-order valence-electron chi connectivity index (χ3n) is 11.9. The lowest BCUT2D eigenvalue weighted by atomic mass is 9.94. The number of esters is 2. The Morgan fingerprint density at radius 2 is 0.649 bits per heavy atom. The Hall–Kier alpha value is -1.63. The lowest BCUT2D eigenvalue weighted by Crippen LogP contribution is -2.31. The fourth-order valence-electron chi connectivity index (χ4n) is 8.07. The zero-order valence-corrected chi connectivity index (χ0v) is 38.6. The Morgan fingerprint density at radius 1 is 0.386 bits per heavy atom. The summed E-state index contributed by atoms with van der Waals surface area (Å²) in [5, 5.41) is 9.46. The molecule has 0 heterocycles. The average Bonchev–Trinajstić information content (AvgIpc) is 3.20. The van der Waals surface area contributed by atoms with Crippen molar-refractivity contribution in [2.45, 2.75) is 259 Å². The van der Waals surface area contributed by atoms with E-state index in [0.717, 1.165) is 142 Å². The molecule has 338 valence electrons. The van der Waals surface area contributed by atoms with Gasteiger partial charge in [-0.25, -0.2) is 0 Å². The van der Waals surface area contributed by atoms with Gasteiger partial charge in [-0.15, -0.1) is 0 Å². The van der Waals surface area contributed by atoms with Gasteiger partial charge >= 0.3 is 17.9 Å². The fraction of sp³-hybridized carbons (Fsp3) is 0.940. The molecule has 0 amide bonds. The van der Waals surface area contributed by atoms with Gasteiger partial charge in [-0.1, -0.05) is 207 Å². The molecule has 1 N–H and O–H groups in total. The molecule has 0 fully saturated rings. The maximum absolute atomic E-state index is 12.9. The van der Waals surface area contributed by atoms with E-state index < -0.39 is 5.97 Å². The first-order valence-electron chi connectivity index (χ1n) is 25.2. The van der Waals surface area contributed by atoms with Crippen LogP contribution in [0.5, 0.6) is 0 Å². The Balaban J connectivity index is 4.14. The Labute approximate surface area is 354 Å². The summed E-state index contributed by atoms with van der Waals surface area (Å²) in [5.74, 6) is -0.526. The number of carbonyl (C=O) groups is 3. The van der Waals surface area contributed by atoms with E-state index in [1.54, 1.807) is 0 Å². The molecule has 7 nitrogen and oxygen atoms in total. The number of hydrogen-bond donors (Lipinski definition) is 1. The van der Waals surface area contributed by atoms with Crippen molar-refractivity contribution in [2.24, 2.45) is 11.8 Å². The maximum atomic E-state index is 12.9. The van der Waals surface area contributed by atoms with Crippen LogP contribution in [0, 0.1) is 11.8 Å². The lowest BCUT2D eigenvalue weighted by molar-refractivity contribution is -0.150. The third-order valence-corrected chi connectivity index (χ3v) is 11.9. The van der Waals surface area contributed by atoms with E-state index in [9.17, 15) is 19.5 Å². The van der Waals surface area contributed by atoms with E-state index in [1.165, 1.54) is 103 Å². The molecule has 0 aliphatic heterocycles. The number of carboxylic acids is 1. The van der Waals surface area contributed by atoms with Crippen LogP contribution in [0.25, 0.3) is 0 Å². The number of nitrogens with zero attached hydrogens (tertiary/aromatic N) is 1. The molecule has 57 heavy (non-hydrogen) atoms. The van der Waals surface area contributed by atoms with Crippen LogP contribution in [0.1, 0.15) is 259 Å². The first kappa shape index (κ1) is 55.4. The number of aliphatic carboxylic acids is 1. The van der Waals surface area contributed by atoms with Gasteiger partial charge < -0.3 is 14.6 Å². The van der Waals surface area contributed by atoms with Gasteiger partial charge in [0.25, 0.3) is 0 Å². The van der Waals surface area contributed by atoms with Crippen molar-refractivity contribution in [2.75, 3.05) is 32.8 Å². The minimum absolute atomic E-state index is 0.0341. The molecule has 0 aromatic carbocycles. The molecular weight excluding hydrogens is 711 g/mol. The molecule has 0 aliphatic carbocycles. The second kappa shape index (κ2) is 43.9. The number of hydrogen-bond acceptors (Lipinski definition) is 6. The number of carboxylic acid groups (broad SMARTS) is 1. The smallest absolute Gasteiger partial charge is 0.317 e. The largest absolute Gasteiger partial charge is 0.480 e. The lowest BCUT2D eigenvalue weighted by Gasteiger charge is -2.20. The quantitative estimate of drug-likeness (QED) is 0.0483. The van der Waals surface area contributed by atoms with Crippen LogP contribution in [-0.2, 0) is 23.9 Å². The van der Waals surface area contributed by atoms with Gasteiger partial charge in [-0.3, -0.25) is 19.3 Å². The van der Waals surface area contributed by atoms with Crippen LogP contribution in [0.15, 0.2) is 0 Å². The summed E-state index contributed by atoms with van der Waals surface area (Å²) in [6, 6.07) is 0. The van der Waals surface area contributed by atoms with Crippen molar-refractivity contribution in [1.29, 1.82) is 0 Å². The first-order chi connectivity index (χ1) is 27.9. The van der Waals surface area contributed by atoms with Crippen molar-refractivity contribution < 1.29 is 29.0 Å². The molecule has 0 saturated heterocycles. The highest BCUT2D eigenvalue weighted by molar-refractivity contribution is 5.72. The molecule has 0 rings (SSSR count). The zero-order valence-electron chi connectivity index (χ0n) is 38.6. The van der Waals surface area contributed by atoms with Crippen LogP contribution in [0.2, 0.25) is 0 Å². The summed E-state index contributed by atoms with van der Waals surface area (Å²) in [5.41, 5.74) is 0. The van der Waals surface area contributed by atoms with Crippen molar-refractivity contribution in [3.63, 3.8) is 0 Å². The van der Waals surface area contributed by atoms with Crippen LogP contribution in [0.3, 0.4) is 0 Å². The van der Waals surface area contributed by atoms with E-state index in [0.29, 0.717) is 13.2 Å². The maximum Gasteiger partial charge on any atom is 0.317 e. The number of carbonyl (C=O) groups excluding carboxylic acids is 2. The molecule has 2 atom stereocenters. The molecule has 0 aromatic heterocycles. The van der Waals surface area contributed by atoms with E-state index in [-0.39, 0.29) is 30.3 Å². The summed E-state index contributed by atoms with van der Waals surface area (Å²) < 4.78 is 11.5. The summed E-state index contributed by atoms with van der Waals surface area (Å²) in [6.45, 7) is 11.8. The van der Waals surface area contributed by atoms with Gasteiger partial charge in [0.2, 0.25) is 0 Å². The predicted molar refractivity (Wildman–Crippen MR) is 242 cm³/mol. The molecule has 0 spiro atoms. The fourth-order valence-corrected chi connectivity index (χ4v) is 8.07. The first-order valence-corrected chi connectivity index (χ1v) is 25.2. The molecule has 0 aromatic rings. The van der Waals surface area contributed by atoms with Gasteiger partial charge in [-0.05, 0) is 64.5 Å². The molecular formula is C50H97NO6. The van der Waals surface area contributed by atoms with Crippen molar-refractivity contribution in [1.82, 2.24) is 4.90 Å². The predicted octanol–water partition coefficient (Wildman–Crippen LogP) is 14.8. The van der Waals surface area contributed by atoms with Crippen molar-refractivity contribution in [3.05, 3.63) is 0 Å². The Kier molecular flexibility index (Phi) is 42.7. The normalized spacial score (nSPS) is 12.6. The molecule has 2 unspecified atom stereocenters. The van der Waals surface area contributed by atoms with Crippen LogP contribution < -0.4 is 0 Å². The number of ether oxygens (including phenoxy) is 2. The second-order valence-corrected chi connectivity index (χ2v) is 17.5. The van der Waals surface area contributed by atoms with Gasteiger partial charge in [0, 0.05) is 0 Å².